The fourth-order valence-electron chi connectivity index (χ4n) is 11.8. The minimum Gasteiger partial charge on any atom is -0.481 e. The average Bonchev–Trinajstić information content (AvgIpc) is 3.71. The van der Waals surface area contributed by atoms with E-state index in [-0.39, 0.29) is 72.4 Å². The first-order chi connectivity index (χ1) is 28.5. The summed E-state index contributed by atoms with van der Waals surface area (Å²) >= 11 is 0. The first-order valence-corrected chi connectivity index (χ1v) is 23.2. The van der Waals surface area contributed by atoms with E-state index in [0.29, 0.717) is 44.1 Å². The van der Waals surface area contributed by atoms with Crippen molar-refractivity contribution in [2.45, 2.75) is 212 Å². The SMILES string of the molecule is CO[C@@H]1CC[C@H](O[C@@H]2C[C@H]([C@]3(C)CC[C@]4(C[C@H](O)[C@H](C)[C@H]([C@H](C)/C=C(\C)C(=O)[C@H](C)C[C@H](C)C(=O)O)O4)O3)O[C@]3(O[C@H]([C@@H]4O[C@](O)(CO)[C@H](C)C[C@@H]4C)C[C@@H]3C)[C@@H]2C)O[C@H]1C. The number of ether oxygens (including phenoxy) is 8. The van der Waals surface area contributed by atoms with Gasteiger partial charge in [-0.15, -0.1) is 0 Å². The van der Waals surface area contributed by atoms with Crippen LogP contribution in [0, 0.1) is 47.3 Å². The molecule has 6 fully saturated rings. The van der Waals surface area contributed by atoms with E-state index in [0.717, 1.165) is 6.42 Å². The molecule has 6 saturated heterocycles. The highest BCUT2D eigenvalue weighted by Gasteiger charge is 2.65. The lowest BCUT2D eigenvalue weighted by Gasteiger charge is -2.54. The third-order valence-electron chi connectivity index (χ3n) is 15.9. The number of methoxy groups -OCH3 is 1. The molecule has 0 aromatic heterocycles. The number of carboxylic acids is 1. The quantitative estimate of drug-likeness (QED) is 0.154. The number of aliphatic hydroxyl groups is 3. The highest BCUT2D eigenvalue weighted by atomic mass is 16.8. The molecule has 61 heavy (non-hydrogen) atoms. The van der Waals surface area contributed by atoms with Gasteiger partial charge in [0.1, 0.15) is 0 Å². The molecule has 0 aromatic rings. The van der Waals surface area contributed by atoms with Gasteiger partial charge in [-0.2, -0.15) is 0 Å². The fourth-order valence-corrected chi connectivity index (χ4v) is 11.8. The van der Waals surface area contributed by atoms with Gasteiger partial charge in [-0.3, -0.25) is 9.59 Å². The van der Waals surface area contributed by atoms with Crippen molar-refractivity contribution in [1.29, 1.82) is 0 Å². The molecule has 0 aromatic carbocycles. The highest BCUT2D eigenvalue weighted by Crippen LogP contribution is 2.56. The number of carboxylic acid groups (broad SMARTS) is 1. The molecule has 14 nitrogen and oxygen atoms in total. The van der Waals surface area contributed by atoms with Crippen molar-refractivity contribution in [1.82, 2.24) is 0 Å². The maximum atomic E-state index is 13.4. The van der Waals surface area contributed by atoms with E-state index in [1.54, 1.807) is 27.9 Å². The Kier molecular flexibility index (Phi) is 15.0. The van der Waals surface area contributed by atoms with Gasteiger partial charge in [0, 0.05) is 68.3 Å². The molecule has 2 spiro atoms. The summed E-state index contributed by atoms with van der Waals surface area (Å²) < 4.78 is 53.9. The first-order valence-electron chi connectivity index (χ1n) is 23.2. The summed E-state index contributed by atoms with van der Waals surface area (Å²) in [6.07, 6.45) is 3.25. The molecule has 6 aliphatic rings. The molecular formula is C47H78O14. The molecule has 0 amide bonds. The highest BCUT2D eigenvalue weighted by molar-refractivity contribution is 5.96. The Morgan fingerprint density at radius 1 is 0.902 bits per heavy atom. The number of carbonyl (C=O) groups excluding carboxylic acids is 1. The van der Waals surface area contributed by atoms with Crippen molar-refractivity contribution in [2.75, 3.05) is 13.7 Å². The standard InChI is InChI=1S/C47H78O14/c1-24(40(50)25(2)18-28(5)43(51)52)17-26(3)41-31(8)34(49)22-45(59-41)16-15-44(11,61-45)38-21-36(56-39-14-13-35(54-12)33(10)55-39)32(9)47(58-38)30(7)20-37(57-47)42-27(4)19-29(6)46(53,23-48)60-42/h17,25-39,41-42,48-49,53H,13-16,18-23H2,1-12H3,(H,51,52)/b24-17+/t25-,26-,27+,28+,29-,30+,31+,32-,33+,34+,35-,36-,37+,38-,39+,41+,42-,44+,45-,46-,47+/m1/s1. The minimum atomic E-state index is -1.66. The lowest BCUT2D eigenvalue weighted by molar-refractivity contribution is -0.390. The molecule has 6 rings (SSSR count). The number of allylic oxidation sites excluding steroid dienone is 1. The van der Waals surface area contributed by atoms with E-state index in [1.165, 1.54) is 0 Å². The van der Waals surface area contributed by atoms with Gasteiger partial charge in [-0.05, 0) is 64.4 Å². The van der Waals surface area contributed by atoms with Crippen molar-refractivity contribution >= 4 is 11.8 Å². The summed E-state index contributed by atoms with van der Waals surface area (Å²) in [4.78, 5) is 24.8. The van der Waals surface area contributed by atoms with E-state index in [4.69, 9.17) is 37.9 Å². The third-order valence-corrected chi connectivity index (χ3v) is 15.9. The molecule has 6 heterocycles. The zero-order valence-electron chi connectivity index (χ0n) is 38.8. The van der Waals surface area contributed by atoms with E-state index in [2.05, 4.69) is 27.7 Å². The van der Waals surface area contributed by atoms with E-state index in [1.807, 2.05) is 33.8 Å². The van der Waals surface area contributed by atoms with Crippen LogP contribution in [-0.4, -0.2) is 124 Å². The number of ketones is 1. The van der Waals surface area contributed by atoms with Gasteiger partial charge in [-0.25, -0.2) is 0 Å². The van der Waals surface area contributed by atoms with Crippen LogP contribution in [0.5, 0.6) is 0 Å². The van der Waals surface area contributed by atoms with Crippen molar-refractivity contribution in [3.05, 3.63) is 11.6 Å². The van der Waals surface area contributed by atoms with Crippen LogP contribution in [0.25, 0.3) is 0 Å². The Bertz CT molecular complexity index is 1570. The predicted octanol–water partition coefficient (Wildman–Crippen LogP) is 6.15. The second kappa shape index (κ2) is 18.7. The molecule has 0 aliphatic carbocycles. The van der Waals surface area contributed by atoms with Crippen molar-refractivity contribution in [2.24, 2.45) is 47.3 Å². The van der Waals surface area contributed by atoms with Gasteiger partial charge in [0.15, 0.2) is 29.4 Å². The summed E-state index contributed by atoms with van der Waals surface area (Å²) in [6, 6.07) is 0. The summed E-state index contributed by atoms with van der Waals surface area (Å²) in [5.74, 6) is -7.01. The molecule has 14 heteroatoms. The third kappa shape index (κ3) is 9.71. The summed E-state index contributed by atoms with van der Waals surface area (Å²) in [7, 11) is 1.70. The van der Waals surface area contributed by atoms with E-state index >= 15 is 0 Å². The largest absolute Gasteiger partial charge is 0.481 e. The molecular weight excluding hydrogens is 789 g/mol. The minimum absolute atomic E-state index is 0.0130. The fraction of sp³-hybridized carbons (Fsp3) is 0.915. The number of rotatable bonds is 13. The van der Waals surface area contributed by atoms with Crippen LogP contribution in [0.4, 0.5) is 0 Å². The number of carbonyl (C=O) groups is 2. The van der Waals surface area contributed by atoms with Crippen LogP contribution in [0.1, 0.15) is 134 Å². The molecule has 0 bridgehead atoms. The summed E-state index contributed by atoms with van der Waals surface area (Å²) in [5.41, 5.74) is -0.326. The topological polar surface area (TPSA) is 189 Å². The average molecular weight is 867 g/mol. The van der Waals surface area contributed by atoms with Crippen molar-refractivity contribution < 1.29 is 67.9 Å². The smallest absolute Gasteiger partial charge is 0.306 e. The maximum Gasteiger partial charge on any atom is 0.306 e. The zero-order chi connectivity index (χ0) is 45.0. The van der Waals surface area contributed by atoms with Crippen LogP contribution in [0.3, 0.4) is 0 Å². The van der Waals surface area contributed by atoms with Crippen LogP contribution >= 0.6 is 0 Å². The zero-order valence-corrected chi connectivity index (χ0v) is 38.8. The van der Waals surface area contributed by atoms with Crippen molar-refractivity contribution in [3.63, 3.8) is 0 Å². The van der Waals surface area contributed by atoms with E-state index in [9.17, 15) is 30.0 Å². The van der Waals surface area contributed by atoms with Gasteiger partial charge in [0.25, 0.3) is 0 Å². The van der Waals surface area contributed by atoms with Crippen molar-refractivity contribution in [3.8, 4) is 0 Å². The predicted molar refractivity (Wildman–Crippen MR) is 224 cm³/mol. The Morgan fingerprint density at radius 2 is 1.61 bits per heavy atom. The lowest BCUT2D eigenvalue weighted by Crippen LogP contribution is -2.63. The van der Waals surface area contributed by atoms with Crippen LogP contribution in [0.15, 0.2) is 11.6 Å². The lowest BCUT2D eigenvalue weighted by atomic mass is 9.76. The number of aliphatic hydroxyl groups excluding tert-OH is 2. The molecule has 6 aliphatic heterocycles. The molecule has 0 saturated carbocycles. The summed E-state index contributed by atoms with van der Waals surface area (Å²) in [5, 5.41) is 42.5. The van der Waals surface area contributed by atoms with Crippen LogP contribution in [-0.2, 0) is 47.5 Å². The number of hydrogen-bond donors (Lipinski definition) is 4. The molecule has 0 radical (unpaired) electrons. The number of hydrogen-bond acceptors (Lipinski definition) is 13. The second-order valence-electron chi connectivity index (χ2n) is 20.6. The Morgan fingerprint density at radius 3 is 2.25 bits per heavy atom. The van der Waals surface area contributed by atoms with Gasteiger partial charge >= 0.3 is 5.97 Å². The van der Waals surface area contributed by atoms with Gasteiger partial charge in [0.2, 0.25) is 0 Å². The van der Waals surface area contributed by atoms with Gasteiger partial charge in [0.05, 0.1) is 67.0 Å². The molecule has 0 unspecified atom stereocenters. The Hall–Kier alpha value is -1.56. The van der Waals surface area contributed by atoms with Crippen LogP contribution < -0.4 is 0 Å². The summed E-state index contributed by atoms with van der Waals surface area (Å²) in [6.45, 7) is 20.9. The number of aliphatic carboxylic acids is 1. The Labute approximate surface area is 363 Å². The Balaban J connectivity index is 1.24. The molecule has 4 N–H and O–H groups in total. The van der Waals surface area contributed by atoms with Crippen LogP contribution in [0.2, 0.25) is 0 Å². The van der Waals surface area contributed by atoms with Gasteiger partial charge in [-0.1, -0.05) is 61.5 Å². The molecule has 350 valence electrons. The maximum absolute atomic E-state index is 13.4. The normalized spacial score (nSPS) is 48.6. The second-order valence-corrected chi connectivity index (χ2v) is 20.6. The van der Waals surface area contributed by atoms with E-state index < -0.39 is 84.2 Å². The first kappa shape index (κ1) is 48.9. The monoisotopic (exact) mass is 867 g/mol. The number of Topliss-reactive ketones (excluding diaryl/α,β-unsaturated/α-hetero) is 1. The van der Waals surface area contributed by atoms with Gasteiger partial charge < -0.3 is 58.3 Å². The molecule has 21 atom stereocenters.